The number of hydrogen-bond donors (Lipinski definition) is 1. The summed E-state index contributed by atoms with van der Waals surface area (Å²) >= 11 is 5.89. The fourth-order valence-corrected chi connectivity index (χ4v) is 2.07. The van der Waals surface area contributed by atoms with E-state index in [-0.39, 0.29) is 0 Å². The maximum absolute atomic E-state index is 6.09. The second-order valence-corrected chi connectivity index (χ2v) is 4.16. The van der Waals surface area contributed by atoms with Crippen molar-refractivity contribution in [1.82, 2.24) is 0 Å². The van der Waals surface area contributed by atoms with E-state index in [4.69, 9.17) is 26.2 Å². The zero-order valence-corrected chi connectivity index (χ0v) is 9.65. The van der Waals surface area contributed by atoms with Crippen LogP contribution in [0.3, 0.4) is 0 Å². The molecule has 2 aromatic heterocycles. The van der Waals surface area contributed by atoms with Gasteiger partial charge in [-0.05, 0) is 29.8 Å². The lowest BCUT2D eigenvalue weighted by Gasteiger charge is -2.05. The van der Waals surface area contributed by atoms with Crippen molar-refractivity contribution in [2.75, 3.05) is 0 Å². The summed E-state index contributed by atoms with van der Waals surface area (Å²) in [6.07, 6.45) is 1.51. The minimum absolute atomic E-state index is 0.304. The van der Waals surface area contributed by atoms with Crippen molar-refractivity contribution in [3.05, 3.63) is 59.2 Å². The molecule has 2 heterocycles. The summed E-state index contributed by atoms with van der Waals surface area (Å²) in [5, 5.41) is 1.33. The molecule has 1 aromatic carbocycles. The third kappa shape index (κ3) is 1.73. The molecule has 0 spiro atoms. The summed E-state index contributed by atoms with van der Waals surface area (Å²) in [7, 11) is 0. The Morgan fingerprint density at radius 1 is 1.18 bits per heavy atom. The van der Waals surface area contributed by atoms with Crippen molar-refractivity contribution in [1.29, 1.82) is 0 Å². The summed E-state index contributed by atoms with van der Waals surface area (Å²) in [6, 6.07) is 11.0. The van der Waals surface area contributed by atoms with Crippen LogP contribution in [0.4, 0.5) is 0 Å². The Balaban J connectivity index is 2.07. The summed E-state index contributed by atoms with van der Waals surface area (Å²) in [5.74, 6) is 0.675. The van der Waals surface area contributed by atoms with E-state index in [9.17, 15) is 0 Å². The van der Waals surface area contributed by atoms with Gasteiger partial charge in [0.25, 0.3) is 0 Å². The molecule has 4 heteroatoms. The smallest absolute Gasteiger partial charge is 0.198 e. The summed E-state index contributed by atoms with van der Waals surface area (Å²) < 4.78 is 10.7. The van der Waals surface area contributed by atoms with Gasteiger partial charge in [-0.1, -0.05) is 18.2 Å². The molecule has 1 atom stereocenters. The molecular weight excluding hydrogens is 238 g/mol. The Bertz CT molecular complexity index is 623. The molecule has 0 aliphatic rings. The van der Waals surface area contributed by atoms with E-state index in [0.717, 1.165) is 16.5 Å². The first-order valence-electron chi connectivity index (χ1n) is 5.22. The zero-order chi connectivity index (χ0) is 11.8. The van der Waals surface area contributed by atoms with Gasteiger partial charge in [-0.3, -0.25) is 0 Å². The number of halogens is 1. The molecule has 0 fully saturated rings. The molecule has 86 valence electrons. The molecule has 3 rings (SSSR count). The maximum Gasteiger partial charge on any atom is 0.198 e. The fourth-order valence-electron chi connectivity index (χ4n) is 1.84. The molecule has 0 aliphatic carbocycles. The Morgan fingerprint density at radius 2 is 2.00 bits per heavy atom. The number of furan rings is 2. The molecule has 0 aliphatic heterocycles. The Morgan fingerprint density at radius 3 is 2.71 bits per heavy atom. The van der Waals surface area contributed by atoms with Crippen LogP contribution in [-0.2, 0) is 0 Å². The van der Waals surface area contributed by atoms with Crippen LogP contribution < -0.4 is 5.73 Å². The van der Waals surface area contributed by atoms with Gasteiger partial charge in [-0.15, -0.1) is 0 Å². The molecule has 0 amide bonds. The largest absolute Gasteiger partial charge is 0.459 e. The Kier molecular flexibility index (Phi) is 2.42. The minimum Gasteiger partial charge on any atom is -0.459 e. The fraction of sp³-hybridized carbons (Fsp3) is 0.0769. The van der Waals surface area contributed by atoms with Crippen molar-refractivity contribution in [2.24, 2.45) is 5.73 Å². The van der Waals surface area contributed by atoms with Crippen LogP contribution in [-0.4, -0.2) is 0 Å². The van der Waals surface area contributed by atoms with E-state index in [1.54, 1.807) is 6.07 Å². The predicted molar refractivity (Wildman–Crippen MR) is 66.0 cm³/mol. The molecule has 2 N–H and O–H groups in total. The second kappa shape index (κ2) is 3.95. The van der Waals surface area contributed by atoms with Gasteiger partial charge in [-0.2, -0.15) is 0 Å². The van der Waals surface area contributed by atoms with Crippen LogP contribution >= 0.6 is 11.6 Å². The first kappa shape index (κ1) is 10.4. The van der Waals surface area contributed by atoms with E-state index in [0.29, 0.717) is 11.0 Å². The van der Waals surface area contributed by atoms with Gasteiger partial charge < -0.3 is 14.6 Å². The molecule has 1 unspecified atom stereocenters. The molecule has 0 bridgehead atoms. The number of nitrogens with two attached hydrogens (primary N) is 1. The Labute approximate surface area is 103 Å². The van der Waals surface area contributed by atoms with E-state index >= 15 is 0 Å². The lowest BCUT2D eigenvalue weighted by atomic mass is 10.1. The van der Waals surface area contributed by atoms with Crippen molar-refractivity contribution in [3.63, 3.8) is 0 Å². The maximum atomic E-state index is 6.09. The molecule has 0 saturated carbocycles. The molecule has 3 nitrogen and oxygen atoms in total. The molecule has 0 saturated heterocycles. The first-order valence-corrected chi connectivity index (χ1v) is 5.60. The second-order valence-electron chi connectivity index (χ2n) is 3.81. The van der Waals surface area contributed by atoms with E-state index in [2.05, 4.69) is 0 Å². The van der Waals surface area contributed by atoms with E-state index in [1.807, 2.05) is 30.3 Å². The SMILES string of the molecule is NC(c1cc2ccccc2o1)c1ccoc1Cl. The zero-order valence-electron chi connectivity index (χ0n) is 8.89. The van der Waals surface area contributed by atoms with Gasteiger partial charge in [-0.25, -0.2) is 0 Å². The highest BCUT2D eigenvalue weighted by Crippen LogP contribution is 2.30. The molecule has 3 aromatic rings. The standard InChI is InChI=1S/C13H10ClNO2/c14-13-9(5-6-16-13)12(15)11-7-8-3-1-2-4-10(8)17-11/h1-7,12H,15H2. The quantitative estimate of drug-likeness (QED) is 0.751. The lowest BCUT2D eigenvalue weighted by molar-refractivity contribution is 0.518. The first-order chi connectivity index (χ1) is 8.25. The van der Waals surface area contributed by atoms with Crippen molar-refractivity contribution in [3.8, 4) is 0 Å². The summed E-state index contributed by atoms with van der Waals surface area (Å²) in [4.78, 5) is 0. The average Bonchev–Trinajstić information content (AvgIpc) is 2.93. The van der Waals surface area contributed by atoms with E-state index < -0.39 is 6.04 Å². The topological polar surface area (TPSA) is 52.3 Å². The van der Waals surface area contributed by atoms with Crippen LogP contribution in [0.1, 0.15) is 17.4 Å². The van der Waals surface area contributed by atoms with Gasteiger partial charge in [0.1, 0.15) is 11.3 Å². The normalized spacial score (nSPS) is 13.1. The number of fused-ring (bicyclic) bond motifs is 1. The third-order valence-electron chi connectivity index (χ3n) is 2.73. The van der Waals surface area contributed by atoms with E-state index in [1.165, 1.54) is 6.26 Å². The van der Waals surface area contributed by atoms with Gasteiger partial charge in [0.15, 0.2) is 5.22 Å². The van der Waals surface area contributed by atoms with Gasteiger partial charge in [0, 0.05) is 10.9 Å². The number of benzene rings is 1. The highest BCUT2D eigenvalue weighted by Gasteiger charge is 2.18. The van der Waals surface area contributed by atoms with Crippen molar-refractivity contribution < 1.29 is 8.83 Å². The van der Waals surface area contributed by atoms with Crippen molar-refractivity contribution in [2.45, 2.75) is 6.04 Å². The third-order valence-corrected chi connectivity index (χ3v) is 3.04. The lowest BCUT2D eigenvalue weighted by Crippen LogP contribution is -2.10. The molecule has 17 heavy (non-hydrogen) atoms. The minimum atomic E-state index is -0.409. The highest BCUT2D eigenvalue weighted by molar-refractivity contribution is 6.29. The number of hydrogen-bond acceptors (Lipinski definition) is 3. The van der Waals surface area contributed by atoms with Crippen LogP contribution in [0.25, 0.3) is 11.0 Å². The number of para-hydroxylation sites is 1. The van der Waals surface area contributed by atoms with Crippen molar-refractivity contribution >= 4 is 22.6 Å². The van der Waals surface area contributed by atoms with Gasteiger partial charge in [0.2, 0.25) is 0 Å². The average molecular weight is 248 g/mol. The van der Waals surface area contributed by atoms with Crippen LogP contribution in [0, 0.1) is 0 Å². The van der Waals surface area contributed by atoms with Crippen LogP contribution in [0.2, 0.25) is 5.22 Å². The van der Waals surface area contributed by atoms with Gasteiger partial charge >= 0.3 is 0 Å². The number of rotatable bonds is 2. The van der Waals surface area contributed by atoms with Crippen LogP contribution in [0.5, 0.6) is 0 Å². The predicted octanol–water partition coefficient (Wildman–Crippen LogP) is 3.73. The molecule has 0 radical (unpaired) electrons. The summed E-state index contributed by atoms with van der Waals surface area (Å²) in [6.45, 7) is 0. The highest BCUT2D eigenvalue weighted by atomic mass is 35.5. The van der Waals surface area contributed by atoms with Crippen LogP contribution in [0.15, 0.2) is 51.5 Å². The monoisotopic (exact) mass is 247 g/mol. The summed E-state index contributed by atoms with van der Waals surface area (Å²) in [5.41, 5.74) is 7.63. The molecular formula is C13H10ClNO2. The Hall–Kier alpha value is -1.71. The van der Waals surface area contributed by atoms with Gasteiger partial charge in [0.05, 0.1) is 12.3 Å².